The van der Waals surface area contributed by atoms with E-state index < -0.39 is 0 Å². The molecule has 2 saturated heterocycles. The summed E-state index contributed by atoms with van der Waals surface area (Å²) in [4.78, 5) is 24.3. The average Bonchev–Trinajstić information content (AvgIpc) is 2.94. The first-order valence-corrected chi connectivity index (χ1v) is 13.5. The molecule has 3 aromatic rings. The lowest BCUT2D eigenvalue weighted by Crippen LogP contribution is -2.53. The fourth-order valence-corrected chi connectivity index (χ4v) is 5.55. The molecule has 0 saturated carbocycles. The Kier molecular flexibility index (Phi) is 8.51. The van der Waals surface area contributed by atoms with Gasteiger partial charge in [-0.2, -0.15) is 0 Å². The van der Waals surface area contributed by atoms with Crippen LogP contribution in [0.3, 0.4) is 0 Å². The zero-order chi connectivity index (χ0) is 26.5. The summed E-state index contributed by atoms with van der Waals surface area (Å²) in [5.41, 5.74) is 2.36. The number of amides is 1. The molecule has 1 N–H and O–H groups in total. The van der Waals surface area contributed by atoms with Gasteiger partial charge in [-0.3, -0.25) is 14.6 Å². The van der Waals surface area contributed by atoms with E-state index in [1.54, 1.807) is 24.4 Å². The van der Waals surface area contributed by atoms with Gasteiger partial charge in [-0.05, 0) is 67.4 Å². The minimum atomic E-state index is -0.309. The Morgan fingerprint density at radius 1 is 0.921 bits per heavy atom. The van der Waals surface area contributed by atoms with Crippen molar-refractivity contribution < 1.29 is 15.0 Å². The number of piperidine rings is 1. The van der Waals surface area contributed by atoms with Gasteiger partial charge >= 0.3 is 0 Å². The number of piperazine rings is 1. The van der Waals surface area contributed by atoms with Crippen LogP contribution in [0.15, 0.2) is 60.8 Å². The molecule has 2 fully saturated rings. The minimum Gasteiger partial charge on any atom is -0.353 e. The van der Waals surface area contributed by atoms with Crippen LogP contribution in [0.1, 0.15) is 35.8 Å². The Balaban J connectivity index is 0.00000353. The predicted octanol–water partition coefficient (Wildman–Crippen LogP) is 4.98. The van der Waals surface area contributed by atoms with Crippen molar-refractivity contribution in [3.63, 3.8) is 0 Å². The van der Waals surface area contributed by atoms with Gasteiger partial charge in [-0.1, -0.05) is 35.9 Å². The second-order valence-corrected chi connectivity index (χ2v) is 10.4. The third kappa shape index (κ3) is 6.67. The second kappa shape index (κ2) is 12.2. The zero-order valence-electron chi connectivity index (χ0n) is 21.3. The molecule has 0 atom stereocenters. The molecule has 0 bridgehead atoms. The number of nitrogens with one attached hydrogen (secondary N) is 1. The van der Waals surface area contributed by atoms with Crippen LogP contribution in [-0.4, -0.2) is 66.0 Å². The molecule has 202 valence electrons. The van der Waals surface area contributed by atoms with Gasteiger partial charge in [0.15, 0.2) is 0 Å². The maximum Gasteiger partial charge on any atom is 0.253 e. The number of anilines is 1. The minimum absolute atomic E-state index is 0. The fourth-order valence-electron chi connectivity index (χ4n) is 5.26. The summed E-state index contributed by atoms with van der Waals surface area (Å²) in [5, 5.41) is 3.28. The predicted molar refractivity (Wildman–Crippen MR) is 147 cm³/mol. The molecule has 0 radical (unpaired) electrons. The summed E-state index contributed by atoms with van der Waals surface area (Å²) in [6.07, 6.45) is 3.81. The highest BCUT2D eigenvalue weighted by Crippen LogP contribution is 2.27. The first-order valence-electron chi connectivity index (χ1n) is 13.1. The molecule has 2 aliphatic rings. The van der Waals surface area contributed by atoms with E-state index in [1.807, 2.05) is 12.1 Å². The van der Waals surface area contributed by atoms with E-state index in [9.17, 15) is 13.6 Å². The summed E-state index contributed by atoms with van der Waals surface area (Å²) < 4.78 is 26.2. The number of halogens is 3. The van der Waals surface area contributed by atoms with Gasteiger partial charge in [0.1, 0.15) is 17.5 Å². The molecule has 0 aliphatic carbocycles. The number of benzene rings is 2. The van der Waals surface area contributed by atoms with Crippen molar-refractivity contribution in [2.24, 2.45) is 0 Å². The van der Waals surface area contributed by atoms with Gasteiger partial charge in [0.2, 0.25) is 0 Å². The van der Waals surface area contributed by atoms with Crippen molar-refractivity contribution >= 4 is 23.3 Å². The van der Waals surface area contributed by atoms with Crippen molar-refractivity contribution in [3.05, 3.63) is 94.1 Å². The number of likely N-dealkylation sites (tertiary alicyclic amines) is 1. The molecule has 1 amide bonds. The van der Waals surface area contributed by atoms with Gasteiger partial charge in [0.05, 0.1) is 10.6 Å². The van der Waals surface area contributed by atoms with Gasteiger partial charge in [-0.25, -0.2) is 13.8 Å². The van der Waals surface area contributed by atoms with E-state index >= 15 is 0 Å². The van der Waals surface area contributed by atoms with E-state index in [0.29, 0.717) is 29.0 Å². The number of carbonyl (C=O) groups is 1. The number of carbonyl (C=O) groups excluding carboxylic acids is 1. The molecule has 6 nitrogen and oxygen atoms in total. The second-order valence-electron chi connectivity index (χ2n) is 10.00. The lowest BCUT2D eigenvalue weighted by atomic mass is 10.0. The molecule has 1 aromatic heterocycles. The highest BCUT2D eigenvalue weighted by atomic mass is 35.5. The number of nitrogens with zero attached hydrogens (tertiary/aromatic N) is 4. The van der Waals surface area contributed by atoms with E-state index in [-0.39, 0.29) is 19.0 Å². The number of hydrogen-bond donors (Lipinski definition) is 1. The summed E-state index contributed by atoms with van der Waals surface area (Å²) in [7, 11) is 0. The van der Waals surface area contributed by atoms with Crippen molar-refractivity contribution in [2.75, 3.05) is 44.2 Å². The van der Waals surface area contributed by atoms with Crippen LogP contribution in [0.2, 0.25) is 5.02 Å². The third-order valence-corrected chi connectivity index (χ3v) is 7.74. The Morgan fingerprint density at radius 3 is 2.13 bits per heavy atom. The highest BCUT2D eigenvalue weighted by Gasteiger charge is 2.28. The van der Waals surface area contributed by atoms with Crippen LogP contribution >= 0.6 is 11.6 Å². The van der Waals surface area contributed by atoms with Gasteiger partial charge < -0.3 is 10.2 Å². The van der Waals surface area contributed by atoms with E-state index in [4.69, 9.17) is 11.6 Å². The summed E-state index contributed by atoms with van der Waals surface area (Å²) >= 11 is 6.55. The topological polar surface area (TPSA) is 51.7 Å². The van der Waals surface area contributed by atoms with E-state index in [2.05, 4.69) is 25.0 Å². The zero-order valence-corrected chi connectivity index (χ0v) is 22.0. The normalized spacial score (nSPS) is 17.5. The monoisotopic (exact) mass is 541 g/mol. The van der Waals surface area contributed by atoms with E-state index in [1.165, 1.54) is 24.3 Å². The number of hydrogen-bond acceptors (Lipinski definition) is 5. The number of rotatable bonds is 7. The highest BCUT2D eigenvalue weighted by molar-refractivity contribution is 6.33. The van der Waals surface area contributed by atoms with Crippen molar-refractivity contribution in [1.82, 2.24) is 20.1 Å². The molecule has 38 heavy (non-hydrogen) atoms. The van der Waals surface area contributed by atoms with Crippen LogP contribution in [0.5, 0.6) is 0 Å². The summed E-state index contributed by atoms with van der Waals surface area (Å²) in [6, 6.07) is 15.0. The Hall–Kier alpha value is -3.07. The van der Waals surface area contributed by atoms with Crippen LogP contribution in [-0.2, 0) is 13.1 Å². The van der Waals surface area contributed by atoms with E-state index in [0.717, 1.165) is 69.8 Å². The average molecular weight is 542 g/mol. The molecule has 2 aromatic carbocycles. The Labute approximate surface area is 228 Å². The standard InChI is InChI=1S/C29H32ClF2N5O.H2/c30-27-17-23(29(38)34-18-21-1-5-24(31)6-2-21)19-33-28(27)37-15-13-36(14-16-37)26-9-11-35(12-10-26)20-22-3-7-25(32)8-4-22;/h1-8,17,19,26H,9-16,18,20H2,(H,34,38);1H. The largest absolute Gasteiger partial charge is 0.353 e. The molecular formula is C29H34ClF2N5O. The molecular weight excluding hydrogens is 508 g/mol. The molecule has 5 rings (SSSR count). The number of aromatic nitrogens is 1. The van der Waals surface area contributed by atoms with Crippen LogP contribution in [0.25, 0.3) is 0 Å². The smallest absolute Gasteiger partial charge is 0.253 e. The molecule has 0 unspecified atom stereocenters. The summed E-state index contributed by atoms with van der Waals surface area (Å²) in [5.74, 6) is -0.0687. The lowest BCUT2D eigenvalue weighted by molar-refractivity contribution is 0.0950. The Morgan fingerprint density at radius 2 is 1.53 bits per heavy atom. The van der Waals surface area contributed by atoms with Crippen molar-refractivity contribution in [2.45, 2.75) is 32.0 Å². The van der Waals surface area contributed by atoms with Gasteiger partial charge in [0, 0.05) is 52.9 Å². The quantitative estimate of drug-likeness (QED) is 0.457. The fraction of sp³-hybridized carbons (Fsp3) is 0.379. The summed E-state index contributed by atoms with van der Waals surface area (Å²) in [6.45, 7) is 6.80. The molecule has 0 spiro atoms. The Bertz CT molecular complexity index is 1230. The van der Waals surface area contributed by atoms with Crippen LogP contribution in [0, 0.1) is 11.6 Å². The first-order chi connectivity index (χ1) is 18.4. The lowest BCUT2D eigenvalue weighted by Gasteiger charge is -2.43. The van der Waals surface area contributed by atoms with Crippen LogP contribution in [0.4, 0.5) is 14.6 Å². The van der Waals surface area contributed by atoms with Gasteiger partial charge in [-0.15, -0.1) is 0 Å². The third-order valence-electron chi connectivity index (χ3n) is 7.46. The molecule has 3 heterocycles. The van der Waals surface area contributed by atoms with Crippen molar-refractivity contribution in [3.8, 4) is 0 Å². The SMILES string of the molecule is O=C(NCc1ccc(F)cc1)c1cnc(N2CCN(C3CCN(Cc4ccc(F)cc4)CC3)CC2)c(Cl)c1.[HH]. The maximum atomic E-state index is 13.2. The van der Waals surface area contributed by atoms with Crippen LogP contribution < -0.4 is 10.2 Å². The maximum absolute atomic E-state index is 13.2. The van der Waals surface area contributed by atoms with Crippen molar-refractivity contribution in [1.29, 1.82) is 0 Å². The molecule has 9 heteroatoms. The first kappa shape index (κ1) is 26.5. The number of pyridine rings is 1. The van der Waals surface area contributed by atoms with Gasteiger partial charge in [0.25, 0.3) is 5.91 Å². The molecule has 2 aliphatic heterocycles.